The summed E-state index contributed by atoms with van der Waals surface area (Å²) in [5.41, 5.74) is 1.89. The molecular weight excluding hydrogens is 295 g/mol. The van der Waals surface area contributed by atoms with E-state index in [1.165, 1.54) is 6.08 Å². The van der Waals surface area contributed by atoms with Gasteiger partial charge in [0.2, 0.25) is 0 Å². The summed E-state index contributed by atoms with van der Waals surface area (Å²) in [4.78, 5) is 10.2. The zero-order valence-corrected chi connectivity index (χ0v) is 12.1. The predicted molar refractivity (Wildman–Crippen MR) is 82.3 cm³/mol. The van der Waals surface area contributed by atoms with Crippen molar-refractivity contribution in [3.63, 3.8) is 0 Å². The SMILES string of the molecule is O=CC=Cc1ccc(OCc2ccc(Cl)c(Cl)c2)cc1. The fourth-order valence-electron chi connectivity index (χ4n) is 1.62. The van der Waals surface area contributed by atoms with Gasteiger partial charge >= 0.3 is 0 Å². The van der Waals surface area contributed by atoms with Crippen molar-refractivity contribution in [2.24, 2.45) is 0 Å². The molecule has 0 aliphatic heterocycles. The molecule has 0 fully saturated rings. The van der Waals surface area contributed by atoms with Crippen molar-refractivity contribution in [2.75, 3.05) is 0 Å². The number of rotatable bonds is 5. The number of carbonyl (C=O) groups is 1. The van der Waals surface area contributed by atoms with Gasteiger partial charge in [0.05, 0.1) is 10.0 Å². The van der Waals surface area contributed by atoms with Gasteiger partial charge in [-0.1, -0.05) is 47.5 Å². The molecular formula is C16H12Cl2O2. The van der Waals surface area contributed by atoms with Crippen LogP contribution in [0.2, 0.25) is 10.0 Å². The van der Waals surface area contributed by atoms with E-state index in [1.54, 1.807) is 18.2 Å². The number of allylic oxidation sites excluding steroid dienone is 1. The summed E-state index contributed by atoms with van der Waals surface area (Å²) in [7, 11) is 0. The van der Waals surface area contributed by atoms with Crippen LogP contribution in [0.25, 0.3) is 6.08 Å². The van der Waals surface area contributed by atoms with Gasteiger partial charge in [-0.05, 0) is 41.5 Å². The van der Waals surface area contributed by atoms with Gasteiger partial charge in [-0.3, -0.25) is 4.79 Å². The number of halogens is 2. The van der Waals surface area contributed by atoms with E-state index in [0.717, 1.165) is 23.2 Å². The van der Waals surface area contributed by atoms with Crippen LogP contribution in [0.5, 0.6) is 5.75 Å². The summed E-state index contributed by atoms with van der Waals surface area (Å²) in [6, 6.07) is 12.9. The van der Waals surface area contributed by atoms with Crippen LogP contribution in [0.15, 0.2) is 48.5 Å². The van der Waals surface area contributed by atoms with E-state index in [1.807, 2.05) is 30.3 Å². The maximum absolute atomic E-state index is 10.2. The van der Waals surface area contributed by atoms with Gasteiger partial charge in [-0.2, -0.15) is 0 Å². The maximum atomic E-state index is 10.2. The summed E-state index contributed by atoms with van der Waals surface area (Å²) in [6.45, 7) is 0.417. The highest BCUT2D eigenvalue weighted by atomic mass is 35.5. The van der Waals surface area contributed by atoms with Gasteiger partial charge in [0, 0.05) is 0 Å². The highest BCUT2D eigenvalue weighted by Crippen LogP contribution is 2.23. The Balaban J connectivity index is 1.98. The first kappa shape index (κ1) is 14.6. The molecule has 2 rings (SSSR count). The molecule has 0 bridgehead atoms. The van der Waals surface area contributed by atoms with E-state index >= 15 is 0 Å². The second kappa shape index (κ2) is 7.13. The average Bonchev–Trinajstić information content (AvgIpc) is 2.47. The first-order valence-corrected chi connectivity index (χ1v) is 6.73. The average molecular weight is 307 g/mol. The van der Waals surface area contributed by atoms with Crippen LogP contribution < -0.4 is 4.74 Å². The maximum Gasteiger partial charge on any atom is 0.142 e. The first-order chi connectivity index (χ1) is 9.69. The summed E-state index contributed by atoms with van der Waals surface area (Å²) in [5.74, 6) is 0.749. The Morgan fingerprint density at radius 2 is 1.75 bits per heavy atom. The van der Waals surface area contributed by atoms with Crippen LogP contribution in [-0.4, -0.2) is 6.29 Å². The Morgan fingerprint density at radius 3 is 2.40 bits per heavy atom. The van der Waals surface area contributed by atoms with E-state index < -0.39 is 0 Å². The zero-order valence-electron chi connectivity index (χ0n) is 10.6. The van der Waals surface area contributed by atoms with Crippen molar-refractivity contribution >= 4 is 35.6 Å². The van der Waals surface area contributed by atoms with Crippen LogP contribution >= 0.6 is 23.2 Å². The van der Waals surface area contributed by atoms with Gasteiger partial charge in [0.1, 0.15) is 18.6 Å². The number of hydrogen-bond acceptors (Lipinski definition) is 2. The largest absolute Gasteiger partial charge is 0.489 e. The fourth-order valence-corrected chi connectivity index (χ4v) is 1.94. The van der Waals surface area contributed by atoms with Crippen LogP contribution in [0.4, 0.5) is 0 Å². The van der Waals surface area contributed by atoms with E-state index in [2.05, 4.69) is 0 Å². The van der Waals surface area contributed by atoms with E-state index in [-0.39, 0.29) is 0 Å². The Bertz CT molecular complexity index is 619. The molecule has 0 unspecified atom stereocenters. The number of hydrogen-bond donors (Lipinski definition) is 0. The van der Waals surface area contributed by atoms with Crippen molar-refractivity contribution < 1.29 is 9.53 Å². The Kier molecular flexibility index (Phi) is 5.22. The highest BCUT2D eigenvalue weighted by Gasteiger charge is 2.00. The second-order valence-electron chi connectivity index (χ2n) is 4.10. The summed E-state index contributed by atoms with van der Waals surface area (Å²) < 4.78 is 5.65. The molecule has 2 aromatic carbocycles. The van der Waals surface area contributed by atoms with E-state index in [9.17, 15) is 4.79 Å². The highest BCUT2D eigenvalue weighted by molar-refractivity contribution is 6.42. The molecule has 0 aliphatic carbocycles. The van der Waals surface area contributed by atoms with E-state index in [4.69, 9.17) is 27.9 Å². The molecule has 0 heterocycles. The normalized spacial score (nSPS) is 10.7. The number of carbonyl (C=O) groups excluding carboxylic acids is 1. The molecule has 0 aliphatic rings. The molecule has 0 saturated heterocycles. The topological polar surface area (TPSA) is 26.3 Å². The number of aldehydes is 1. The lowest BCUT2D eigenvalue weighted by Gasteiger charge is -2.07. The van der Waals surface area contributed by atoms with Gasteiger partial charge in [-0.25, -0.2) is 0 Å². The summed E-state index contributed by atoms with van der Waals surface area (Å²) in [5, 5.41) is 1.05. The summed E-state index contributed by atoms with van der Waals surface area (Å²) in [6.07, 6.45) is 3.93. The molecule has 0 saturated carbocycles. The number of ether oxygens (including phenoxy) is 1. The molecule has 0 radical (unpaired) electrons. The lowest BCUT2D eigenvalue weighted by atomic mass is 10.2. The molecule has 4 heteroatoms. The minimum atomic E-state index is 0.417. The van der Waals surface area contributed by atoms with Crippen LogP contribution in [-0.2, 0) is 11.4 Å². The van der Waals surface area contributed by atoms with Crippen molar-refractivity contribution in [2.45, 2.75) is 6.61 Å². The van der Waals surface area contributed by atoms with Gasteiger partial charge in [0.25, 0.3) is 0 Å². The van der Waals surface area contributed by atoms with Crippen molar-refractivity contribution in [3.8, 4) is 5.75 Å². The molecule has 2 aromatic rings. The first-order valence-electron chi connectivity index (χ1n) is 5.97. The van der Waals surface area contributed by atoms with E-state index in [0.29, 0.717) is 16.7 Å². The van der Waals surface area contributed by atoms with Crippen molar-refractivity contribution in [3.05, 3.63) is 69.7 Å². The van der Waals surface area contributed by atoms with Crippen molar-refractivity contribution in [1.29, 1.82) is 0 Å². The molecule has 0 atom stereocenters. The third kappa shape index (κ3) is 4.12. The number of benzene rings is 2. The Hall–Kier alpha value is -1.77. The molecule has 0 amide bonds. The van der Waals surface area contributed by atoms with Crippen molar-refractivity contribution in [1.82, 2.24) is 0 Å². The van der Waals surface area contributed by atoms with Gasteiger partial charge in [0.15, 0.2) is 0 Å². The molecule has 0 aromatic heterocycles. The van der Waals surface area contributed by atoms with Crippen LogP contribution in [0, 0.1) is 0 Å². The minimum Gasteiger partial charge on any atom is -0.489 e. The van der Waals surface area contributed by atoms with Crippen LogP contribution in [0.1, 0.15) is 11.1 Å². The molecule has 102 valence electrons. The summed E-state index contributed by atoms with van der Waals surface area (Å²) >= 11 is 11.8. The molecule has 0 spiro atoms. The smallest absolute Gasteiger partial charge is 0.142 e. The predicted octanol–water partition coefficient (Wildman–Crippen LogP) is 4.78. The Morgan fingerprint density at radius 1 is 1.00 bits per heavy atom. The van der Waals surface area contributed by atoms with Gasteiger partial charge < -0.3 is 4.74 Å². The lowest BCUT2D eigenvalue weighted by molar-refractivity contribution is -0.104. The molecule has 2 nitrogen and oxygen atoms in total. The van der Waals surface area contributed by atoms with Gasteiger partial charge in [-0.15, -0.1) is 0 Å². The lowest BCUT2D eigenvalue weighted by Crippen LogP contribution is -1.95. The minimum absolute atomic E-state index is 0.417. The third-order valence-corrected chi connectivity index (χ3v) is 3.38. The third-order valence-electron chi connectivity index (χ3n) is 2.64. The molecule has 20 heavy (non-hydrogen) atoms. The zero-order chi connectivity index (χ0) is 14.4. The Labute approximate surface area is 127 Å². The fraction of sp³-hybridized carbons (Fsp3) is 0.0625. The quantitative estimate of drug-likeness (QED) is 0.586. The standard InChI is InChI=1S/C16H12Cl2O2/c17-15-8-5-13(10-16(15)18)11-20-14-6-3-12(4-7-14)2-1-9-19/h1-10H,11H2. The van der Waals surface area contributed by atoms with Crippen LogP contribution in [0.3, 0.4) is 0 Å². The molecule has 0 N–H and O–H groups in total. The second-order valence-corrected chi connectivity index (χ2v) is 4.92. The monoisotopic (exact) mass is 306 g/mol.